The molecule has 17 heavy (non-hydrogen) atoms. The van der Waals surface area contributed by atoms with Crippen LogP contribution in [0.2, 0.25) is 0 Å². The van der Waals surface area contributed by atoms with E-state index in [4.69, 9.17) is 5.26 Å². The average molecular weight is 231 g/mol. The van der Waals surface area contributed by atoms with Crippen LogP contribution in [0, 0.1) is 29.9 Å². The SMILES string of the molecule is Cc1nc(C#N)cc(-c2cc(F)ccc2F)n1. The Balaban J connectivity index is 2.64. The number of rotatable bonds is 1. The summed E-state index contributed by atoms with van der Waals surface area (Å²) in [5, 5.41) is 8.75. The second kappa shape index (κ2) is 4.26. The van der Waals surface area contributed by atoms with E-state index in [1.165, 1.54) is 6.07 Å². The van der Waals surface area contributed by atoms with Gasteiger partial charge in [-0.05, 0) is 25.1 Å². The number of nitriles is 1. The zero-order valence-electron chi connectivity index (χ0n) is 8.91. The van der Waals surface area contributed by atoms with Crippen molar-refractivity contribution < 1.29 is 8.78 Å². The molecule has 1 heterocycles. The number of aryl methyl sites for hydroxylation is 1. The molecule has 2 rings (SSSR count). The number of halogens is 2. The normalized spacial score (nSPS) is 10.0. The summed E-state index contributed by atoms with van der Waals surface area (Å²) >= 11 is 0. The lowest BCUT2D eigenvalue weighted by Gasteiger charge is -2.04. The Bertz CT molecular complexity index is 618. The first-order valence-electron chi connectivity index (χ1n) is 4.81. The molecule has 0 bridgehead atoms. The van der Waals surface area contributed by atoms with Gasteiger partial charge in [0.1, 0.15) is 29.2 Å². The van der Waals surface area contributed by atoms with Crippen LogP contribution < -0.4 is 0 Å². The zero-order chi connectivity index (χ0) is 12.4. The molecular weight excluding hydrogens is 224 g/mol. The molecule has 5 heteroatoms. The molecule has 0 N–H and O–H groups in total. The van der Waals surface area contributed by atoms with Gasteiger partial charge in [-0.3, -0.25) is 0 Å². The van der Waals surface area contributed by atoms with Gasteiger partial charge in [0.2, 0.25) is 0 Å². The first-order chi connectivity index (χ1) is 8.10. The van der Waals surface area contributed by atoms with Gasteiger partial charge in [0.05, 0.1) is 5.69 Å². The fourth-order valence-corrected chi connectivity index (χ4v) is 1.46. The predicted molar refractivity (Wildman–Crippen MR) is 56.8 cm³/mol. The molecule has 0 saturated heterocycles. The van der Waals surface area contributed by atoms with Gasteiger partial charge in [-0.25, -0.2) is 18.7 Å². The maximum Gasteiger partial charge on any atom is 0.144 e. The number of hydrogen-bond acceptors (Lipinski definition) is 3. The molecule has 0 aliphatic heterocycles. The first kappa shape index (κ1) is 11.1. The van der Waals surface area contributed by atoms with Crippen LogP contribution in [0.3, 0.4) is 0 Å². The predicted octanol–water partition coefficient (Wildman–Crippen LogP) is 2.60. The van der Waals surface area contributed by atoms with Crippen molar-refractivity contribution in [3.8, 4) is 17.3 Å². The summed E-state index contributed by atoms with van der Waals surface area (Å²) in [6.45, 7) is 1.58. The third-order valence-corrected chi connectivity index (χ3v) is 2.16. The Kier molecular flexibility index (Phi) is 2.79. The van der Waals surface area contributed by atoms with Crippen molar-refractivity contribution in [2.24, 2.45) is 0 Å². The molecule has 0 aliphatic rings. The van der Waals surface area contributed by atoms with Crippen LogP contribution in [-0.2, 0) is 0 Å². The molecule has 0 atom stereocenters. The summed E-state index contributed by atoms with van der Waals surface area (Å²) in [5.74, 6) is -0.813. The number of aromatic nitrogens is 2. The van der Waals surface area contributed by atoms with Gasteiger partial charge in [0, 0.05) is 11.6 Å². The van der Waals surface area contributed by atoms with Crippen molar-refractivity contribution in [3.63, 3.8) is 0 Å². The molecular formula is C12H7F2N3. The molecule has 0 fully saturated rings. The fourth-order valence-electron chi connectivity index (χ4n) is 1.46. The van der Waals surface area contributed by atoms with Crippen molar-refractivity contribution in [3.05, 3.63) is 47.4 Å². The standard InChI is InChI=1S/C12H7F2N3/c1-7-16-9(6-15)5-12(17-7)10-4-8(13)2-3-11(10)14/h2-5H,1H3. The van der Waals surface area contributed by atoms with Crippen LogP contribution in [0.25, 0.3) is 11.3 Å². The number of nitrogens with zero attached hydrogens (tertiary/aromatic N) is 3. The van der Waals surface area contributed by atoms with E-state index in [-0.39, 0.29) is 17.0 Å². The van der Waals surface area contributed by atoms with E-state index in [9.17, 15) is 8.78 Å². The van der Waals surface area contributed by atoms with Gasteiger partial charge in [-0.1, -0.05) is 0 Å². The van der Waals surface area contributed by atoms with Crippen molar-refractivity contribution in [2.75, 3.05) is 0 Å². The highest BCUT2D eigenvalue weighted by Crippen LogP contribution is 2.22. The molecule has 0 radical (unpaired) electrons. The van der Waals surface area contributed by atoms with Gasteiger partial charge in [-0.2, -0.15) is 5.26 Å². The van der Waals surface area contributed by atoms with Gasteiger partial charge in [0.25, 0.3) is 0 Å². The van der Waals surface area contributed by atoms with Crippen LogP contribution >= 0.6 is 0 Å². The molecule has 0 amide bonds. The molecule has 84 valence electrons. The summed E-state index contributed by atoms with van der Waals surface area (Å²) in [7, 11) is 0. The lowest BCUT2D eigenvalue weighted by atomic mass is 10.1. The minimum atomic E-state index is -0.589. The molecule has 0 unspecified atom stereocenters. The Labute approximate surface area is 96.4 Å². The summed E-state index contributed by atoms with van der Waals surface area (Å²) in [6, 6.07) is 6.26. The fraction of sp³-hybridized carbons (Fsp3) is 0.0833. The molecule has 3 nitrogen and oxygen atoms in total. The molecule has 2 aromatic rings. The molecule has 1 aromatic carbocycles. The van der Waals surface area contributed by atoms with Crippen LogP contribution in [0.5, 0.6) is 0 Å². The largest absolute Gasteiger partial charge is 0.233 e. The van der Waals surface area contributed by atoms with Crippen LogP contribution in [0.1, 0.15) is 11.5 Å². The third kappa shape index (κ3) is 2.26. The van der Waals surface area contributed by atoms with E-state index >= 15 is 0 Å². The first-order valence-corrected chi connectivity index (χ1v) is 4.81. The highest BCUT2D eigenvalue weighted by Gasteiger charge is 2.10. The van der Waals surface area contributed by atoms with Crippen molar-refractivity contribution in [2.45, 2.75) is 6.92 Å². The van der Waals surface area contributed by atoms with Crippen LogP contribution in [0.4, 0.5) is 8.78 Å². The van der Waals surface area contributed by atoms with Crippen molar-refractivity contribution in [1.29, 1.82) is 5.26 Å². The Morgan fingerprint density at radius 3 is 2.65 bits per heavy atom. The van der Waals surface area contributed by atoms with Gasteiger partial charge in [-0.15, -0.1) is 0 Å². The Hall–Kier alpha value is -2.35. The molecule has 0 spiro atoms. The lowest BCUT2D eigenvalue weighted by Crippen LogP contribution is -1.96. The van der Waals surface area contributed by atoms with E-state index in [0.717, 1.165) is 18.2 Å². The van der Waals surface area contributed by atoms with E-state index in [0.29, 0.717) is 5.82 Å². The lowest BCUT2D eigenvalue weighted by molar-refractivity contribution is 0.602. The van der Waals surface area contributed by atoms with Crippen LogP contribution in [0.15, 0.2) is 24.3 Å². The second-order valence-electron chi connectivity index (χ2n) is 3.42. The highest BCUT2D eigenvalue weighted by molar-refractivity contribution is 5.61. The summed E-state index contributed by atoms with van der Waals surface area (Å²) < 4.78 is 26.6. The highest BCUT2D eigenvalue weighted by atomic mass is 19.1. The summed E-state index contributed by atoms with van der Waals surface area (Å²) in [5.41, 5.74) is 0.342. The topological polar surface area (TPSA) is 49.6 Å². The average Bonchev–Trinajstić information content (AvgIpc) is 2.31. The second-order valence-corrected chi connectivity index (χ2v) is 3.42. The van der Waals surface area contributed by atoms with Crippen molar-refractivity contribution in [1.82, 2.24) is 9.97 Å². The maximum atomic E-state index is 13.5. The zero-order valence-corrected chi connectivity index (χ0v) is 8.91. The summed E-state index contributed by atoms with van der Waals surface area (Å²) in [6.07, 6.45) is 0. The Morgan fingerprint density at radius 1 is 1.18 bits per heavy atom. The third-order valence-electron chi connectivity index (χ3n) is 2.16. The maximum absolute atomic E-state index is 13.5. The molecule has 1 aromatic heterocycles. The Morgan fingerprint density at radius 2 is 1.94 bits per heavy atom. The minimum absolute atomic E-state index is 0.0204. The smallest absolute Gasteiger partial charge is 0.144 e. The summed E-state index contributed by atoms with van der Waals surface area (Å²) in [4.78, 5) is 7.83. The number of benzene rings is 1. The number of hydrogen-bond donors (Lipinski definition) is 0. The molecule has 0 saturated carbocycles. The van der Waals surface area contributed by atoms with E-state index in [1.807, 2.05) is 6.07 Å². The van der Waals surface area contributed by atoms with Crippen LogP contribution in [-0.4, -0.2) is 9.97 Å². The van der Waals surface area contributed by atoms with E-state index in [1.54, 1.807) is 6.92 Å². The van der Waals surface area contributed by atoms with E-state index < -0.39 is 11.6 Å². The van der Waals surface area contributed by atoms with Gasteiger partial charge in [0.15, 0.2) is 0 Å². The van der Waals surface area contributed by atoms with Gasteiger partial charge >= 0.3 is 0 Å². The van der Waals surface area contributed by atoms with Crippen molar-refractivity contribution >= 4 is 0 Å². The quantitative estimate of drug-likeness (QED) is 0.757. The van der Waals surface area contributed by atoms with E-state index in [2.05, 4.69) is 9.97 Å². The minimum Gasteiger partial charge on any atom is -0.233 e. The van der Waals surface area contributed by atoms with Gasteiger partial charge < -0.3 is 0 Å². The monoisotopic (exact) mass is 231 g/mol. The molecule has 0 aliphatic carbocycles.